The molecule has 3 nitrogen and oxygen atoms in total. The van der Waals surface area contributed by atoms with Crippen LogP contribution in [0.2, 0.25) is 5.02 Å². The number of hydrogen-bond acceptors (Lipinski definition) is 2. The van der Waals surface area contributed by atoms with Gasteiger partial charge in [0.25, 0.3) is 0 Å². The number of nitrogens with two attached hydrogens (primary N) is 1. The topological polar surface area (TPSA) is 63.3 Å². The van der Waals surface area contributed by atoms with E-state index in [9.17, 15) is 4.79 Å². The smallest absolute Gasteiger partial charge is 0.335 e. The number of carbonyl (C=O) groups is 1. The van der Waals surface area contributed by atoms with Crippen molar-refractivity contribution < 1.29 is 9.90 Å². The van der Waals surface area contributed by atoms with Crippen molar-refractivity contribution in [3.05, 3.63) is 34.3 Å². The van der Waals surface area contributed by atoms with Gasteiger partial charge < -0.3 is 10.8 Å². The van der Waals surface area contributed by atoms with Gasteiger partial charge in [-0.3, -0.25) is 0 Å². The fraction of sp³-hybridized carbons (Fsp3) is 0.222. The molecule has 14 heavy (non-hydrogen) atoms. The van der Waals surface area contributed by atoms with Gasteiger partial charge in [-0.2, -0.15) is 0 Å². The molecule has 0 saturated heterocycles. The predicted molar refractivity (Wildman–Crippen MR) is 58.3 cm³/mol. The molecule has 1 rings (SSSR count). The summed E-state index contributed by atoms with van der Waals surface area (Å²) in [7, 11) is 0. The molecule has 0 aliphatic carbocycles. The Morgan fingerprint density at radius 2 is 2.14 bits per heavy atom. The van der Waals surface area contributed by atoms with Crippen LogP contribution in [0.1, 0.15) is 28.9 Å². The maximum absolute atomic E-state index is 10.5. The van der Waals surface area contributed by atoms with Gasteiger partial charge in [0, 0.05) is 11.1 Å². The van der Waals surface area contributed by atoms with E-state index in [1.165, 1.54) is 12.1 Å². The van der Waals surface area contributed by atoms with Gasteiger partial charge in [0.1, 0.15) is 0 Å². The summed E-state index contributed by atoms with van der Waals surface area (Å²) in [6.07, 6.45) is 0. The molecule has 0 aromatic heterocycles. The number of hydrogen-bond donors (Lipinski definition) is 2. The van der Waals surface area contributed by atoms with Crippen LogP contribution in [0.15, 0.2) is 18.2 Å². The molecule has 0 spiro atoms. The van der Waals surface area contributed by atoms with Crippen LogP contribution in [0.25, 0.3) is 0 Å². The van der Waals surface area contributed by atoms with E-state index in [2.05, 4.69) is 0 Å². The van der Waals surface area contributed by atoms with E-state index in [0.29, 0.717) is 5.02 Å². The normalized spacial score (nSPS) is 11.6. The molecule has 0 fully saturated rings. The summed E-state index contributed by atoms with van der Waals surface area (Å²) >= 11 is 5.83. The molecule has 0 unspecified atom stereocenters. The summed E-state index contributed by atoms with van der Waals surface area (Å²) in [5.41, 5.74) is 6.54. The molecule has 0 saturated carbocycles. The molecule has 0 amide bonds. The molecule has 0 aliphatic rings. The van der Waals surface area contributed by atoms with Crippen molar-refractivity contribution in [3.8, 4) is 0 Å². The van der Waals surface area contributed by atoms with Crippen molar-refractivity contribution >= 4 is 30.0 Å². The third-order valence-electron chi connectivity index (χ3n) is 1.74. The van der Waals surface area contributed by atoms with E-state index in [-0.39, 0.29) is 24.0 Å². The maximum Gasteiger partial charge on any atom is 0.335 e. The zero-order valence-electron chi connectivity index (χ0n) is 7.53. The molecule has 0 radical (unpaired) electrons. The summed E-state index contributed by atoms with van der Waals surface area (Å²) in [5, 5.41) is 9.05. The van der Waals surface area contributed by atoms with Crippen LogP contribution in [-0.4, -0.2) is 11.1 Å². The van der Waals surface area contributed by atoms with Gasteiger partial charge in [-0.25, -0.2) is 4.79 Å². The highest BCUT2D eigenvalue weighted by Crippen LogP contribution is 2.22. The Balaban J connectivity index is 0.00000169. The Hall–Kier alpha value is -0.770. The predicted octanol–water partition coefficient (Wildman–Crippen LogP) is 2.48. The first kappa shape index (κ1) is 13.2. The minimum atomic E-state index is -0.988. The van der Waals surface area contributed by atoms with Crippen molar-refractivity contribution in [1.29, 1.82) is 0 Å². The fourth-order valence-corrected chi connectivity index (χ4v) is 1.38. The quantitative estimate of drug-likeness (QED) is 0.828. The van der Waals surface area contributed by atoms with Crippen LogP contribution in [-0.2, 0) is 0 Å². The first-order valence-electron chi connectivity index (χ1n) is 3.80. The molecule has 0 heterocycles. The molecule has 0 bridgehead atoms. The van der Waals surface area contributed by atoms with Crippen molar-refractivity contribution in [2.24, 2.45) is 5.73 Å². The summed E-state index contributed by atoms with van der Waals surface area (Å²) in [5.74, 6) is -0.988. The molecule has 1 aromatic carbocycles. The van der Waals surface area contributed by atoms with E-state index in [1.807, 2.05) is 0 Å². The second-order valence-corrected chi connectivity index (χ2v) is 3.24. The van der Waals surface area contributed by atoms with Crippen LogP contribution in [0, 0.1) is 0 Å². The minimum absolute atomic E-state index is 0. The minimum Gasteiger partial charge on any atom is -0.478 e. The summed E-state index contributed by atoms with van der Waals surface area (Å²) in [6.45, 7) is 1.79. The van der Waals surface area contributed by atoms with Gasteiger partial charge in [0.2, 0.25) is 0 Å². The molecule has 5 heteroatoms. The highest BCUT2D eigenvalue weighted by molar-refractivity contribution is 6.31. The lowest BCUT2D eigenvalue weighted by Crippen LogP contribution is -2.06. The molecule has 1 aromatic rings. The third-order valence-corrected chi connectivity index (χ3v) is 2.07. The molecular formula is C9H11Cl2NO2. The van der Waals surface area contributed by atoms with Crippen molar-refractivity contribution in [1.82, 2.24) is 0 Å². The van der Waals surface area contributed by atoms with Gasteiger partial charge in [0.15, 0.2) is 0 Å². The van der Waals surface area contributed by atoms with E-state index < -0.39 is 5.97 Å². The Morgan fingerprint density at radius 3 is 2.50 bits per heavy atom. The summed E-state index contributed by atoms with van der Waals surface area (Å²) in [4.78, 5) is 10.5. The number of carboxylic acids is 1. The molecular weight excluding hydrogens is 225 g/mol. The fourth-order valence-electron chi connectivity index (χ4n) is 1.03. The molecule has 78 valence electrons. The lowest BCUT2D eigenvalue weighted by Gasteiger charge is -2.08. The van der Waals surface area contributed by atoms with E-state index in [4.69, 9.17) is 22.4 Å². The standard InChI is InChI=1S/C9H10ClNO2.ClH/c1-5(11)7-3-2-6(9(12)13)4-8(7)10;/h2-5H,11H2,1H3,(H,12,13);1H/t5-;/m1./s1. The average Bonchev–Trinajstić information content (AvgIpc) is 2.03. The largest absolute Gasteiger partial charge is 0.478 e. The summed E-state index contributed by atoms with van der Waals surface area (Å²) < 4.78 is 0. The third kappa shape index (κ3) is 2.87. The van der Waals surface area contributed by atoms with Gasteiger partial charge in [-0.1, -0.05) is 17.7 Å². The lowest BCUT2D eigenvalue weighted by atomic mass is 10.1. The summed E-state index contributed by atoms with van der Waals surface area (Å²) in [6, 6.07) is 4.35. The molecule has 3 N–H and O–H groups in total. The lowest BCUT2D eigenvalue weighted by molar-refractivity contribution is 0.0697. The Morgan fingerprint density at radius 1 is 1.57 bits per heavy atom. The first-order chi connectivity index (χ1) is 6.02. The van der Waals surface area contributed by atoms with Crippen LogP contribution < -0.4 is 5.73 Å². The van der Waals surface area contributed by atoms with Gasteiger partial charge in [0.05, 0.1) is 5.56 Å². The van der Waals surface area contributed by atoms with Crippen LogP contribution in [0.5, 0.6) is 0 Å². The van der Waals surface area contributed by atoms with Gasteiger partial charge in [-0.05, 0) is 24.6 Å². The number of carboxylic acid groups (broad SMARTS) is 1. The number of benzene rings is 1. The number of halogens is 2. The number of rotatable bonds is 2. The molecule has 1 atom stereocenters. The Kier molecular flexibility index (Phi) is 4.91. The zero-order valence-corrected chi connectivity index (χ0v) is 9.10. The van der Waals surface area contributed by atoms with Crippen LogP contribution in [0.3, 0.4) is 0 Å². The van der Waals surface area contributed by atoms with Crippen molar-refractivity contribution in [3.63, 3.8) is 0 Å². The molecule has 0 aliphatic heterocycles. The Labute approximate surface area is 93.3 Å². The average molecular weight is 236 g/mol. The first-order valence-corrected chi connectivity index (χ1v) is 4.18. The van der Waals surface area contributed by atoms with E-state index >= 15 is 0 Å². The second-order valence-electron chi connectivity index (χ2n) is 2.83. The zero-order chi connectivity index (χ0) is 10.0. The monoisotopic (exact) mass is 235 g/mol. The van der Waals surface area contributed by atoms with Gasteiger partial charge in [-0.15, -0.1) is 12.4 Å². The highest BCUT2D eigenvalue weighted by Gasteiger charge is 2.08. The number of aromatic carboxylic acids is 1. The highest BCUT2D eigenvalue weighted by atomic mass is 35.5. The van der Waals surface area contributed by atoms with Gasteiger partial charge >= 0.3 is 5.97 Å². The Bertz CT molecular complexity index is 340. The van der Waals surface area contributed by atoms with Crippen molar-refractivity contribution in [2.45, 2.75) is 13.0 Å². The maximum atomic E-state index is 10.5. The van der Waals surface area contributed by atoms with E-state index in [0.717, 1.165) is 5.56 Å². The SMILES string of the molecule is C[C@@H](N)c1ccc(C(=O)O)cc1Cl.Cl. The van der Waals surface area contributed by atoms with E-state index in [1.54, 1.807) is 13.0 Å². The van der Waals surface area contributed by atoms with Crippen LogP contribution in [0.4, 0.5) is 0 Å². The van der Waals surface area contributed by atoms with Crippen molar-refractivity contribution in [2.75, 3.05) is 0 Å². The second kappa shape index (κ2) is 5.20. The van der Waals surface area contributed by atoms with Crippen LogP contribution >= 0.6 is 24.0 Å².